The van der Waals surface area contributed by atoms with Gasteiger partial charge in [0, 0.05) is 18.6 Å². The summed E-state index contributed by atoms with van der Waals surface area (Å²) >= 11 is 0. The highest BCUT2D eigenvalue weighted by molar-refractivity contribution is 6.39. The molecule has 0 saturated carbocycles. The molecule has 2 heterocycles. The zero-order valence-electron chi connectivity index (χ0n) is 13.3. The number of hydrogen-bond donors (Lipinski definition) is 0. The highest BCUT2D eigenvalue weighted by Crippen LogP contribution is 2.41. The number of hydrogen-bond acceptors (Lipinski definition) is 9. The molecule has 0 bridgehead atoms. The van der Waals surface area contributed by atoms with Crippen molar-refractivity contribution in [3.63, 3.8) is 0 Å². The molecule has 2 aliphatic rings. The van der Waals surface area contributed by atoms with Crippen LogP contribution >= 0.6 is 0 Å². The summed E-state index contributed by atoms with van der Waals surface area (Å²) in [6.07, 6.45) is -0.814. The van der Waals surface area contributed by atoms with Crippen LogP contribution < -0.4 is 4.90 Å². The van der Waals surface area contributed by atoms with Gasteiger partial charge in [-0.1, -0.05) is 6.07 Å². The van der Waals surface area contributed by atoms with Gasteiger partial charge in [-0.2, -0.15) is 0 Å². The molecule has 12 heteroatoms. The van der Waals surface area contributed by atoms with E-state index in [2.05, 4.69) is 15.1 Å². The van der Waals surface area contributed by atoms with Crippen molar-refractivity contribution in [3.8, 4) is 0 Å². The topological polar surface area (TPSA) is 152 Å². The van der Waals surface area contributed by atoms with E-state index in [1.807, 2.05) is 0 Å². The molecule has 12 nitrogen and oxygen atoms in total. The lowest BCUT2D eigenvalue weighted by molar-refractivity contribution is -0.384. The Hall–Kier alpha value is -3.70. The number of methoxy groups -OCH3 is 1. The van der Waals surface area contributed by atoms with Gasteiger partial charge in [0.05, 0.1) is 29.4 Å². The molecule has 0 aromatic heterocycles. The van der Waals surface area contributed by atoms with Crippen molar-refractivity contribution < 1.29 is 24.0 Å². The van der Waals surface area contributed by atoms with Gasteiger partial charge in [-0.3, -0.25) is 19.7 Å². The molecule has 1 aromatic rings. The van der Waals surface area contributed by atoms with Crippen LogP contribution in [0, 0.1) is 15.0 Å². The van der Waals surface area contributed by atoms with Crippen molar-refractivity contribution in [2.75, 3.05) is 12.0 Å². The number of esters is 1. The Morgan fingerprint density at radius 1 is 1.38 bits per heavy atom. The third kappa shape index (κ3) is 2.39. The maximum atomic E-state index is 12.9. The molecule has 0 aliphatic carbocycles. The molecule has 1 aromatic carbocycles. The summed E-state index contributed by atoms with van der Waals surface area (Å²) in [4.78, 5) is 59.1. The molecule has 1 fully saturated rings. The van der Waals surface area contributed by atoms with E-state index >= 15 is 0 Å². The van der Waals surface area contributed by atoms with Crippen molar-refractivity contribution in [2.24, 2.45) is 10.4 Å². The first kappa shape index (κ1) is 17.1. The quantitative estimate of drug-likeness (QED) is 0.247. The number of carbonyl (C=O) groups is 3. The predicted octanol–water partition coefficient (Wildman–Crippen LogP) is 0.513. The molecule has 0 radical (unpaired) electrons. The molecular weight excluding hydrogens is 350 g/mol. The van der Waals surface area contributed by atoms with Crippen LogP contribution in [0.2, 0.25) is 0 Å². The third-order valence-electron chi connectivity index (χ3n) is 4.15. The largest absolute Gasteiger partial charge is 0.464 e. The van der Waals surface area contributed by atoms with Gasteiger partial charge in [-0.15, -0.1) is 15.1 Å². The van der Waals surface area contributed by atoms with E-state index in [1.54, 1.807) is 0 Å². The smallest absolute Gasteiger partial charge is 0.354 e. The highest BCUT2D eigenvalue weighted by atomic mass is 16.6. The molecule has 26 heavy (non-hydrogen) atoms. The molecule has 3 rings (SSSR count). The van der Waals surface area contributed by atoms with E-state index in [1.165, 1.54) is 18.2 Å². The molecule has 0 N–H and O–H groups in total. The number of nitro groups is 1. The van der Waals surface area contributed by atoms with Crippen LogP contribution in [0.4, 0.5) is 11.4 Å². The lowest BCUT2D eigenvalue weighted by atomic mass is 9.92. The van der Waals surface area contributed by atoms with Crippen LogP contribution in [0.1, 0.15) is 12.8 Å². The number of imide groups is 1. The van der Waals surface area contributed by atoms with Crippen LogP contribution in [0.15, 0.2) is 34.7 Å². The fourth-order valence-corrected chi connectivity index (χ4v) is 2.95. The third-order valence-corrected chi connectivity index (χ3v) is 4.15. The Labute approximate surface area is 145 Å². The van der Waals surface area contributed by atoms with E-state index < -0.39 is 34.7 Å². The van der Waals surface area contributed by atoms with Crippen LogP contribution in [0.3, 0.4) is 0 Å². The summed E-state index contributed by atoms with van der Waals surface area (Å²) in [5, 5.41) is 17.7. The Balaban J connectivity index is 1.99. The molecule has 2 amide bonds. The van der Waals surface area contributed by atoms with Gasteiger partial charge in [-0.05, 0) is 6.07 Å². The first-order chi connectivity index (χ1) is 12.3. The monoisotopic (exact) mass is 361 g/mol. The fraction of sp³-hybridized carbons (Fsp3) is 0.286. The van der Waals surface area contributed by atoms with Crippen molar-refractivity contribution >= 4 is 34.9 Å². The Kier molecular flexibility index (Phi) is 3.94. The van der Waals surface area contributed by atoms with Gasteiger partial charge < -0.3 is 4.74 Å². The maximum Gasteiger partial charge on any atom is 0.354 e. The normalized spacial score (nSPS) is 22.0. The minimum atomic E-state index is -1.78. The Morgan fingerprint density at radius 3 is 2.73 bits per heavy atom. The molecule has 1 unspecified atom stereocenters. The minimum absolute atomic E-state index is 0.0246. The second-order valence-electron chi connectivity index (χ2n) is 5.61. The fourth-order valence-electron chi connectivity index (χ4n) is 2.95. The van der Waals surface area contributed by atoms with Crippen LogP contribution in [-0.2, 0) is 19.1 Å². The van der Waals surface area contributed by atoms with Gasteiger partial charge in [-0.25, -0.2) is 9.69 Å². The SMILES string of the molecule is COC(=O)C1=NN(N=O)C2(CC(=O)N(c3cccc([N+](=O)[O-])c3)C2=O)C1. The van der Waals surface area contributed by atoms with E-state index in [-0.39, 0.29) is 23.5 Å². The number of non-ortho nitro benzene ring substituents is 1. The number of nitroso groups, excluding NO2 is 1. The number of nitrogens with zero attached hydrogens (tertiary/aromatic N) is 5. The lowest BCUT2D eigenvalue weighted by Gasteiger charge is -2.24. The summed E-state index contributed by atoms with van der Waals surface area (Å²) in [6.45, 7) is 0. The van der Waals surface area contributed by atoms with Crippen molar-refractivity contribution in [3.05, 3.63) is 39.3 Å². The predicted molar refractivity (Wildman–Crippen MR) is 84.6 cm³/mol. The van der Waals surface area contributed by atoms with Gasteiger partial charge in [0.25, 0.3) is 11.6 Å². The number of anilines is 1. The van der Waals surface area contributed by atoms with E-state index in [4.69, 9.17) is 0 Å². The average Bonchev–Trinajstić information content (AvgIpc) is 3.12. The van der Waals surface area contributed by atoms with Gasteiger partial charge in [0.15, 0.2) is 11.3 Å². The molecule has 1 atom stereocenters. The summed E-state index contributed by atoms with van der Waals surface area (Å²) in [6, 6.07) is 4.93. The number of ether oxygens (including phenoxy) is 1. The van der Waals surface area contributed by atoms with E-state index in [0.29, 0.717) is 5.12 Å². The van der Waals surface area contributed by atoms with Gasteiger partial charge in [0.1, 0.15) is 0 Å². The lowest BCUT2D eigenvalue weighted by Crippen LogP contribution is -2.48. The summed E-state index contributed by atoms with van der Waals surface area (Å²) in [5.74, 6) is -2.42. The Morgan fingerprint density at radius 2 is 2.12 bits per heavy atom. The number of hydrazone groups is 1. The van der Waals surface area contributed by atoms with Gasteiger partial charge >= 0.3 is 5.97 Å². The second kappa shape index (κ2) is 5.98. The van der Waals surface area contributed by atoms with Crippen LogP contribution in [0.5, 0.6) is 0 Å². The molecule has 134 valence electrons. The number of amides is 2. The summed E-state index contributed by atoms with van der Waals surface area (Å²) in [5.41, 5.74) is -2.35. The minimum Gasteiger partial charge on any atom is -0.464 e. The molecule has 1 spiro atoms. The number of benzene rings is 1. The number of carbonyl (C=O) groups excluding carboxylic acids is 3. The average molecular weight is 361 g/mol. The Bertz CT molecular complexity index is 882. The summed E-state index contributed by atoms with van der Waals surface area (Å²) in [7, 11) is 1.10. The first-order valence-electron chi connectivity index (χ1n) is 7.25. The van der Waals surface area contributed by atoms with E-state index in [0.717, 1.165) is 18.1 Å². The molecule has 1 saturated heterocycles. The maximum absolute atomic E-state index is 12.9. The van der Waals surface area contributed by atoms with Gasteiger partial charge in [0.2, 0.25) is 5.91 Å². The second-order valence-corrected chi connectivity index (χ2v) is 5.61. The highest BCUT2D eigenvalue weighted by Gasteiger charge is 2.61. The molecular formula is C14H11N5O7. The van der Waals surface area contributed by atoms with E-state index in [9.17, 15) is 29.4 Å². The van der Waals surface area contributed by atoms with Crippen LogP contribution in [0.25, 0.3) is 0 Å². The van der Waals surface area contributed by atoms with Crippen molar-refractivity contribution in [2.45, 2.75) is 18.4 Å². The summed E-state index contributed by atoms with van der Waals surface area (Å²) < 4.78 is 4.52. The molecule has 2 aliphatic heterocycles. The van der Waals surface area contributed by atoms with Crippen molar-refractivity contribution in [1.29, 1.82) is 0 Å². The number of nitro benzene ring substituents is 1. The van der Waals surface area contributed by atoms with Crippen molar-refractivity contribution in [1.82, 2.24) is 5.12 Å². The standard InChI is InChI=1S/C14H11N5O7/c1-26-12(21)10-6-14(19(15-10)16-23)7-11(20)17(13(14)22)8-3-2-4-9(5-8)18(24)25/h2-5H,6-7H2,1H3. The number of rotatable bonds is 4. The zero-order chi connectivity index (χ0) is 19.1. The van der Waals surface area contributed by atoms with Crippen LogP contribution in [-0.4, -0.2) is 46.2 Å². The first-order valence-corrected chi connectivity index (χ1v) is 7.25. The zero-order valence-corrected chi connectivity index (χ0v) is 13.3.